The summed E-state index contributed by atoms with van der Waals surface area (Å²) in [5, 5.41) is 47.0. The molecule has 0 bridgehead atoms. The summed E-state index contributed by atoms with van der Waals surface area (Å²) < 4.78 is 41.8. The number of hydrogen-bond donors (Lipinski definition) is 4. The maximum absolute atomic E-state index is 14.2. The number of ketones is 5. The standard InChI is InChI=1S/C43H48O16/c1-19-26(44)8-11-32(54-19)57-29-10-13-33(56-21(29)3)58-40-22(4)53-30(16-28(40)46)23-6-7-24-35(37(23)48)38(49)25-14-15-42(51)18-41(5,59-34-12-9-27(45)20(2)55-34)17-31(47)43(42,52)36(25)39(24)50/h6-9,11-12,14-15,19-22,28-30,32-34,40,46,48,51-52H,10,13,16-18H2,1-5H3/t19-,20-,21-,22+,28+,29-,30+,32-,33-,34-,40+,41+,42-,43-/m0/s1. The van der Waals surface area contributed by atoms with Gasteiger partial charge in [-0.25, -0.2) is 0 Å². The van der Waals surface area contributed by atoms with Gasteiger partial charge < -0.3 is 53.6 Å². The van der Waals surface area contributed by atoms with Gasteiger partial charge in [-0.3, -0.25) is 24.0 Å². The van der Waals surface area contributed by atoms with Crippen molar-refractivity contribution in [2.24, 2.45) is 0 Å². The van der Waals surface area contributed by atoms with Gasteiger partial charge in [0.15, 0.2) is 53.4 Å². The summed E-state index contributed by atoms with van der Waals surface area (Å²) in [4.78, 5) is 66.0. The number of benzene rings is 1. The summed E-state index contributed by atoms with van der Waals surface area (Å²) in [5.41, 5.74) is -8.13. The summed E-state index contributed by atoms with van der Waals surface area (Å²) >= 11 is 0. The van der Waals surface area contributed by atoms with E-state index in [-0.39, 0.29) is 52.8 Å². The van der Waals surface area contributed by atoms with Gasteiger partial charge in [-0.2, -0.15) is 0 Å². The third kappa shape index (κ3) is 7.12. The number of carbonyl (C=O) groups is 5. The smallest absolute Gasteiger partial charge is 0.198 e. The maximum Gasteiger partial charge on any atom is 0.198 e. The van der Waals surface area contributed by atoms with Crippen LogP contribution in [-0.2, 0) is 47.5 Å². The minimum absolute atomic E-state index is 0.0490. The first-order valence-corrected chi connectivity index (χ1v) is 19.9. The fourth-order valence-electron chi connectivity index (χ4n) is 9.31. The number of phenolic OH excluding ortho intramolecular Hbond substituents is 1. The Bertz CT molecular complexity index is 2090. The normalized spacial score (nSPS) is 42.2. The Balaban J connectivity index is 0.953. The maximum atomic E-state index is 14.2. The van der Waals surface area contributed by atoms with Gasteiger partial charge in [0.2, 0.25) is 0 Å². The zero-order valence-electron chi connectivity index (χ0n) is 33.2. The fourth-order valence-corrected chi connectivity index (χ4v) is 9.31. The predicted molar refractivity (Wildman–Crippen MR) is 201 cm³/mol. The van der Waals surface area contributed by atoms with Gasteiger partial charge in [0.25, 0.3) is 0 Å². The average Bonchev–Trinajstić information content (AvgIpc) is 3.16. The highest BCUT2D eigenvalue weighted by molar-refractivity contribution is 6.32. The third-order valence-corrected chi connectivity index (χ3v) is 12.4. The summed E-state index contributed by atoms with van der Waals surface area (Å²) in [5.74, 6) is -3.73. The Labute approximate surface area is 339 Å². The second-order valence-corrected chi connectivity index (χ2v) is 16.8. The van der Waals surface area contributed by atoms with Crippen LogP contribution >= 0.6 is 0 Å². The minimum Gasteiger partial charge on any atom is -0.507 e. The third-order valence-electron chi connectivity index (χ3n) is 12.4. The molecule has 1 aromatic rings. The van der Waals surface area contributed by atoms with Gasteiger partial charge in [0.1, 0.15) is 29.7 Å². The number of aliphatic hydroxyl groups excluding tert-OH is 1. The summed E-state index contributed by atoms with van der Waals surface area (Å²) in [6.45, 7) is 8.26. The Hall–Kier alpha value is -4.07. The van der Waals surface area contributed by atoms with E-state index >= 15 is 0 Å². The number of hydrogen-bond acceptors (Lipinski definition) is 16. The molecule has 0 radical (unpaired) electrons. The van der Waals surface area contributed by atoms with Gasteiger partial charge in [0, 0.05) is 42.4 Å². The van der Waals surface area contributed by atoms with E-state index in [0.717, 1.165) is 12.2 Å². The summed E-state index contributed by atoms with van der Waals surface area (Å²) in [6, 6.07) is 2.67. The fraction of sp³-hybridized carbons (Fsp3) is 0.558. The molecule has 316 valence electrons. The van der Waals surface area contributed by atoms with Crippen molar-refractivity contribution in [3.05, 3.63) is 76.4 Å². The first-order valence-electron chi connectivity index (χ1n) is 19.9. The molecule has 7 aliphatic rings. The molecule has 4 aliphatic heterocycles. The van der Waals surface area contributed by atoms with Crippen LogP contribution in [0.2, 0.25) is 0 Å². The van der Waals surface area contributed by atoms with Gasteiger partial charge in [-0.05, 0) is 77.5 Å². The molecular weight excluding hydrogens is 772 g/mol. The molecule has 2 saturated heterocycles. The predicted octanol–water partition coefficient (Wildman–Crippen LogP) is 2.48. The van der Waals surface area contributed by atoms with Crippen molar-refractivity contribution in [1.29, 1.82) is 0 Å². The van der Waals surface area contributed by atoms with Crippen LogP contribution in [0.15, 0.2) is 59.7 Å². The van der Waals surface area contributed by atoms with Crippen molar-refractivity contribution >= 4 is 28.9 Å². The van der Waals surface area contributed by atoms with E-state index in [1.807, 2.05) is 6.92 Å². The molecule has 1 aromatic carbocycles. The molecule has 3 aliphatic carbocycles. The molecule has 4 heterocycles. The van der Waals surface area contributed by atoms with Crippen LogP contribution in [0.1, 0.15) is 99.1 Å². The van der Waals surface area contributed by atoms with Crippen LogP contribution in [0, 0.1) is 0 Å². The van der Waals surface area contributed by atoms with Gasteiger partial charge >= 0.3 is 0 Å². The number of ether oxygens (including phenoxy) is 7. The van der Waals surface area contributed by atoms with Gasteiger partial charge in [0.05, 0.1) is 47.3 Å². The van der Waals surface area contributed by atoms with Crippen LogP contribution in [0.5, 0.6) is 5.75 Å². The van der Waals surface area contributed by atoms with Crippen molar-refractivity contribution in [1.82, 2.24) is 0 Å². The molecule has 0 unspecified atom stereocenters. The number of allylic oxidation sites excluding steroid dienone is 2. The average molecular weight is 821 g/mol. The van der Waals surface area contributed by atoms with E-state index in [0.29, 0.717) is 12.8 Å². The van der Waals surface area contributed by atoms with E-state index in [2.05, 4.69) is 0 Å². The first-order chi connectivity index (χ1) is 27.8. The van der Waals surface area contributed by atoms with E-state index in [1.54, 1.807) is 26.8 Å². The molecule has 0 spiro atoms. The number of carbonyl (C=O) groups excluding carboxylic acids is 5. The Kier molecular flexibility index (Phi) is 10.7. The molecule has 16 heteroatoms. The molecule has 1 saturated carbocycles. The Morgan fingerprint density at radius 3 is 2.14 bits per heavy atom. The molecular formula is C43H48O16. The van der Waals surface area contributed by atoms with E-state index in [1.165, 1.54) is 37.3 Å². The van der Waals surface area contributed by atoms with E-state index < -0.39 is 113 Å². The molecule has 3 fully saturated rings. The minimum atomic E-state index is -2.83. The number of fused-ring (bicyclic) bond motifs is 3. The monoisotopic (exact) mass is 820 g/mol. The second kappa shape index (κ2) is 15.1. The number of aromatic hydroxyl groups is 1. The molecule has 0 aromatic heterocycles. The molecule has 4 N–H and O–H groups in total. The second-order valence-electron chi connectivity index (χ2n) is 16.8. The quantitative estimate of drug-likeness (QED) is 0.310. The van der Waals surface area contributed by atoms with Crippen LogP contribution in [0.4, 0.5) is 0 Å². The lowest BCUT2D eigenvalue weighted by atomic mass is 9.57. The highest BCUT2D eigenvalue weighted by Gasteiger charge is 2.67. The van der Waals surface area contributed by atoms with Crippen molar-refractivity contribution in [2.75, 3.05) is 0 Å². The number of rotatable bonds is 7. The molecule has 0 amide bonds. The first kappa shape index (κ1) is 41.7. The largest absolute Gasteiger partial charge is 0.507 e. The van der Waals surface area contributed by atoms with Crippen LogP contribution in [-0.4, -0.2) is 128 Å². The van der Waals surface area contributed by atoms with Gasteiger partial charge in [-0.1, -0.05) is 12.1 Å². The van der Waals surface area contributed by atoms with Crippen LogP contribution in [0.3, 0.4) is 0 Å². The highest BCUT2D eigenvalue weighted by Crippen LogP contribution is 2.53. The molecule has 8 rings (SSSR count). The van der Waals surface area contributed by atoms with E-state index in [4.69, 9.17) is 33.2 Å². The molecule has 16 nitrogen and oxygen atoms in total. The zero-order valence-corrected chi connectivity index (χ0v) is 33.2. The Morgan fingerprint density at radius 2 is 1.47 bits per heavy atom. The lowest BCUT2D eigenvalue weighted by Crippen LogP contribution is -2.69. The molecule has 14 atom stereocenters. The lowest BCUT2D eigenvalue weighted by molar-refractivity contribution is -0.292. The van der Waals surface area contributed by atoms with Crippen molar-refractivity contribution in [3.8, 4) is 5.75 Å². The van der Waals surface area contributed by atoms with E-state index in [9.17, 15) is 44.4 Å². The Morgan fingerprint density at radius 1 is 0.797 bits per heavy atom. The zero-order chi connectivity index (χ0) is 42.3. The van der Waals surface area contributed by atoms with Crippen LogP contribution in [0.25, 0.3) is 0 Å². The molecule has 59 heavy (non-hydrogen) atoms. The number of aliphatic hydroxyl groups is 3. The highest BCUT2D eigenvalue weighted by atomic mass is 16.7. The number of phenols is 1. The number of Topliss-reactive ketones (excluding diaryl/α,β-unsaturated/α-hetero) is 3. The van der Waals surface area contributed by atoms with Gasteiger partial charge in [-0.15, -0.1) is 0 Å². The SMILES string of the molecule is C[C@@H]1O[C@@H](O[C@H]2CC[C@H](O[C@H]3[C@H](O)C[C@H](c4ccc5c(c4O)C(=O)C4=C(C5=O)[C@@]5(O)C(=O)C[C@@](C)(O[C@H]6C=CC(=O)[C@H](C)O6)C[C@@]5(O)C=C4)O[C@@H]3C)O[C@H]2C)C=CC1=O. The van der Waals surface area contributed by atoms with Crippen molar-refractivity contribution in [3.63, 3.8) is 0 Å². The van der Waals surface area contributed by atoms with Crippen LogP contribution < -0.4 is 0 Å². The van der Waals surface area contributed by atoms with Crippen molar-refractivity contribution in [2.45, 2.75) is 151 Å². The van der Waals surface area contributed by atoms with Crippen molar-refractivity contribution < 1.29 is 77.6 Å². The topological polar surface area (TPSA) is 231 Å². The lowest BCUT2D eigenvalue weighted by Gasteiger charge is -2.53. The summed E-state index contributed by atoms with van der Waals surface area (Å²) in [6.07, 6.45) is -0.0765. The summed E-state index contributed by atoms with van der Waals surface area (Å²) in [7, 11) is 0.